The van der Waals surface area contributed by atoms with Gasteiger partial charge in [-0.25, -0.2) is 16.8 Å². The van der Waals surface area contributed by atoms with Gasteiger partial charge in [0.15, 0.2) is 5.69 Å². The first kappa shape index (κ1) is 21.1. The van der Waals surface area contributed by atoms with Gasteiger partial charge < -0.3 is 4.90 Å². The third-order valence-electron chi connectivity index (χ3n) is 3.52. The molecule has 1 N–H and O–H groups in total. The minimum absolute atomic E-state index is 0.405. The molecule has 0 aliphatic carbocycles. The number of alkyl halides is 3. The van der Waals surface area contributed by atoms with Gasteiger partial charge in [-0.1, -0.05) is 6.07 Å². The highest BCUT2D eigenvalue weighted by molar-refractivity contribution is 8.04. The molecule has 1 aromatic heterocycles. The van der Waals surface area contributed by atoms with Gasteiger partial charge in [-0.05, 0) is 36.8 Å². The van der Waals surface area contributed by atoms with Crippen LogP contribution in [0.1, 0.15) is 11.3 Å². The van der Waals surface area contributed by atoms with E-state index in [1.165, 1.54) is 16.3 Å². The molecule has 0 aliphatic heterocycles. The molecule has 1 aromatic carbocycles. The molecule has 0 saturated carbocycles. The lowest BCUT2D eigenvalue weighted by atomic mass is 10.2. The summed E-state index contributed by atoms with van der Waals surface area (Å²) in [6, 6.07) is 5.44. The van der Waals surface area contributed by atoms with E-state index in [0.717, 1.165) is 23.9 Å². The Hall–Kier alpha value is -2.18. The van der Waals surface area contributed by atoms with E-state index in [-0.39, 0.29) is 0 Å². The van der Waals surface area contributed by atoms with Crippen LogP contribution < -0.4 is 9.03 Å². The number of pyridine rings is 1. The molecule has 0 spiro atoms. The van der Waals surface area contributed by atoms with Gasteiger partial charge in [-0.15, -0.1) is 4.13 Å². The van der Waals surface area contributed by atoms with Crippen molar-refractivity contribution >= 4 is 25.7 Å². The van der Waals surface area contributed by atoms with Crippen LogP contribution in [0.15, 0.2) is 46.3 Å². The normalized spacial score (nSPS) is 12.8. The maximum absolute atomic E-state index is 13.0. The number of sulfonamides is 2. The Morgan fingerprint density at radius 2 is 1.67 bits per heavy atom. The van der Waals surface area contributed by atoms with Crippen LogP contribution in [-0.4, -0.2) is 35.9 Å². The monoisotopic (exact) mass is 423 g/mol. The average Bonchev–Trinajstić information content (AvgIpc) is 2.53. The van der Waals surface area contributed by atoms with E-state index in [1.807, 2.05) is 0 Å². The summed E-state index contributed by atoms with van der Waals surface area (Å²) in [5, 5.41) is 0. The first-order valence-corrected chi connectivity index (χ1v) is 10.3. The summed E-state index contributed by atoms with van der Waals surface area (Å²) in [4.78, 5) is 2.96. The maximum Gasteiger partial charge on any atom is 0.434 e. The molecule has 2 aromatic rings. The van der Waals surface area contributed by atoms with Crippen molar-refractivity contribution in [1.29, 1.82) is 0 Å². The Balaban J connectivity index is 2.52. The minimum Gasteiger partial charge on any atom is -0.377 e. The van der Waals surface area contributed by atoms with Gasteiger partial charge in [0.2, 0.25) is 0 Å². The van der Waals surface area contributed by atoms with Gasteiger partial charge in [0, 0.05) is 26.0 Å². The second kappa shape index (κ2) is 7.09. The van der Waals surface area contributed by atoms with Crippen LogP contribution in [0.2, 0.25) is 0 Å². The Morgan fingerprint density at radius 3 is 2.22 bits per heavy atom. The van der Waals surface area contributed by atoms with E-state index in [0.29, 0.717) is 11.8 Å². The smallest absolute Gasteiger partial charge is 0.377 e. The zero-order valence-electron chi connectivity index (χ0n) is 14.4. The van der Waals surface area contributed by atoms with Crippen molar-refractivity contribution in [2.45, 2.75) is 22.9 Å². The average molecular weight is 423 g/mol. The van der Waals surface area contributed by atoms with Crippen LogP contribution in [0.4, 0.5) is 18.9 Å². The van der Waals surface area contributed by atoms with Gasteiger partial charge in [0.05, 0.1) is 4.90 Å². The Kier molecular flexibility index (Phi) is 5.55. The summed E-state index contributed by atoms with van der Waals surface area (Å²) in [5.41, 5.74) is -0.466. The van der Waals surface area contributed by atoms with Crippen molar-refractivity contribution in [2.24, 2.45) is 0 Å². The summed E-state index contributed by atoms with van der Waals surface area (Å²) in [6.07, 6.45) is -4.31. The molecule has 0 aliphatic rings. The van der Waals surface area contributed by atoms with E-state index in [2.05, 4.69) is 4.98 Å². The minimum atomic E-state index is -5.07. The Morgan fingerprint density at radius 1 is 1.04 bits per heavy atom. The van der Waals surface area contributed by atoms with E-state index in [9.17, 15) is 30.0 Å². The molecule has 27 heavy (non-hydrogen) atoms. The Labute approximate surface area is 154 Å². The summed E-state index contributed by atoms with van der Waals surface area (Å²) >= 11 is 0. The number of halogens is 3. The quantitative estimate of drug-likeness (QED) is 0.792. The van der Waals surface area contributed by atoms with E-state index in [1.54, 1.807) is 25.9 Å². The van der Waals surface area contributed by atoms with Gasteiger partial charge in [-0.2, -0.15) is 13.2 Å². The second-order valence-electron chi connectivity index (χ2n) is 5.78. The molecule has 0 amide bonds. The maximum atomic E-state index is 13.0. The van der Waals surface area contributed by atoms with Crippen LogP contribution in [0.25, 0.3) is 0 Å². The molecule has 1 heterocycles. The predicted octanol–water partition coefficient (Wildman–Crippen LogP) is 2.14. The van der Waals surface area contributed by atoms with E-state index < -0.39 is 41.7 Å². The molecule has 0 unspecified atom stereocenters. The van der Waals surface area contributed by atoms with Crippen LogP contribution >= 0.6 is 0 Å². The van der Waals surface area contributed by atoms with Gasteiger partial charge in [-0.3, -0.25) is 4.98 Å². The first-order valence-electron chi connectivity index (χ1n) is 7.34. The fraction of sp³-hybridized carbons (Fsp3) is 0.267. The number of nitrogens with one attached hydrogen (secondary N) is 1. The molecule has 0 radical (unpaired) electrons. The lowest BCUT2D eigenvalue weighted by molar-refractivity contribution is -0.143. The van der Waals surface area contributed by atoms with Crippen molar-refractivity contribution in [3.8, 4) is 0 Å². The number of hydrogen-bond donors (Lipinski definition) is 1. The Bertz CT molecular complexity index is 1070. The number of aromatic nitrogens is 1. The summed E-state index contributed by atoms with van der Waals surface area (Å²) in [7, 11) is -6.40. The van der Waals surface area contributed by atoms with E-state index >= 15 is 0 Å². The molecule has 0 atom stereocenters. The molecule has 0 bridgehead atoms. The largest absolute Gasteiger partial charge is 0.434 e. The molecule has 0 saturated heterocycles. The zero-order valence-corrected chi connectivity index (χ0v) is 16.1. The topological polar surface area (TPSA) is 96.4 Å². The lowest BCUT2D eigenvalue weighted by Crippen LogP contribution is -2.32. The summed E-state index contributed by atoms with van der Waals surface area (Å²) < 4.78 is 90.0. The highest BCUT2D eigenvalue weighted by Crippen LogP contribution is 2.32. The molecule has 7 nitrogen and oxygen atoms in total. The van der Waals surface area contributed by atoms with Gasteiger partial charge in [0.1, 0.15) is 4.90 Å². The van der Waals surface area contributed by atoms with Crippen LogP contribution in [0.5, 0.6) is 0 Å². The first-order chi connectivity index (χ1) is 12.3. The van der Waals surface area contributed by atoms with Crippen molar-refractivity contribution in [2.75, 3.05) is 19.0 Å². The number of hydrogen-bond acceptors (Lipinski definition) is 6. The number of nitrogens with zero attached hydrogens (tertiary/aromatic N) is 2. The molecule has 0 fully saturated rings. The number of aryl methyl sites for hydroxylation is 1. The summed E-state index contributed by atoms with van der Waals surface area (Å²) in [5.74, 6) is 0. The second-order valence-corrected chi connectivity index (χ2v) is 9.37. The van der Waals surface area contributed by atoms with Crippen LogP contribution in [-0.2, 0) is 26.2 Å². The van der Waals surface area contributed by atoms with Crippen molar-refractivity contribution in [3.05, 3.63) is 47.8 Å². The van der Waals surface area contributed by atoms with Gasteiger partial charge >= 0.3 is 6.18 Å². The molecule has 12 heteroatoms. The molecule has 148 valence electrons. The lowest BCUT2D eigenvalue weighted by Gasteiger charge is -2.17. The SMILES string of the molecule is Cc1ccc(S(=O)(=O)NS(=O)(=O)c2cccnc2C(F)(F)F)cc1N(C)C. The number of benzene rings is 1. The number of rotatable bonds is 5. The number of anilines is 1. The highest BCUT2D eigenvalue weighted by Gasteiger charge is 2.40. The summed E-state index contributed by atoms with van der Waals surface area (Å²) in [6.45, 7) is 1.72. The fourth-order valence-electron chi connectivity index (χ4n) is 2.30. The zero-order chi connectivity index (χ0) is 20.6. The van der Waals surface area contributed by atoms with Crippen molar-refractivity contribution in [3.63, 3.8) is 0 Å². The highest BCUT2D eigenvalue weighted by atomic mass is 32.3. The van der Waals surface area contributed by atoms with Crippen LogP contribution in [0.3, 0.4) is 0 Å². The van der Waals surface area contributed by atoms with Crippen molar-refractivity contribution in [1.82, 2.24) is 9.11 Å². The fourth-order valence-corrected chi connectivity index (χ4v) is 5.39. The third-order valence-corrected chi connectivity index (χ3v) is 7.06. The predicted molar refractivity (Wildman–Crippen MR) is 92.3 cm³/mol. The molecular weight excluding hydrogens is 407 g/mol. The van der Waals surface area contributed by atoms with Crippen molar-refractivity contribution < 1.29 is 30.0 Å². The van der Waals surface area contributed by atoms with Crippen LogP contribution in [0, 0.1) is 6.92 Å². The van der Waals surface area contributed by atoms with E-state index in [4.69, 9.17) is 0 Å². The molecule has 2 rings (SSSR count). The third kappa shape index (κ3) is 4.57. The van der Waals surface area contributed by atoms with Gasteiger partial charge in [0.25, 0.3) is 20.0 Å². The standard InChI is InChI=1S/C15H16F3N3O4S2/c1-10-6-7-11(9-12(10)21(2)3)26(22,23)20-27(24,25)13-5-4-8-19-14(13)15(16,17)18/h4-9,20H,1-3H3. The molecular formula is C15H16F3N3O4S2.